The lowest BCUT2D eigenvalue weighted by atomic mass is 10.4. The third-order valence-corrected chi connectivity index (χ3v) is 20.2. The summed E-state index contributed by atoms with van der Waals surface area (Å²) in [4.78, 5) is 0. The molecule has 0 atom stereocenters. The first kappa shape index (κ1) is 15.0. The molecule has 0 nitrogen and oxygen atoms in total. The second-order valence-electron chi connectivity index (χ2n) is 5.66. The van der Waals surface area contributed by atoms with Crippen molar-refractivity contribution in [2.75, 3.05) is 0 Å². The molecule has 0 saturated heterocycles. The van der Waals surface area contributed by atoms with Crippen molar-refractivity contribution < 1.29 is 0 Å². The summed E-state index contributed by atoms with van der Waals surface area (Å²) >= 11 is 26.7. The Bertz CT molecular complexity index is 232. The zero-order valence-corrected chi connectivity index (χ0v) is 15.1. The molecule has 2 rings (SSSR count). The summed E-state index contributed by atoms with van der Waals surface area (Å²) < 4.78 is 0. The molecule has 100 valence electrons. The van der Waals surface area contributed by atoms with Gasteiger partial charge in [0.15, 0.2) is 0 Å². The molecule has 2 saturated carbocycles. The van der Waals surface area contributed by atoms with Crippen LogP contribution in [0.4, 0.5) is 0 Å². The molecule has 0 heterocycles. The van der Waals surface area contributed by atoms with Crippen molar-refractivity contribution in [2.45, 2.75) is 68.1 Å². The van der Waals surface area contributed by atoms with Crippen LogP contribution in [0.3, 0.4) is 0 Å². The lowest BCUT2D eigenvalue weighted by molar-refractivity contribution is 0.844. The van der Waals surface area contributed by atoms with Gasteiger partial charge in [-0.2, -0.15) is 0 Å². The van der Waals surface area contributed by atoms with E-state index in [1.165, 1.54) is 51.4 Å². The van der Waals surface area contributed by atoms with E-state index in [-0.39, 0.29) is 0 Å². The van der Waals surface area contributed by atoms with E-state index in [4.69, 9.17) is 44.3 Å². The van der Waals surface area contributed by atoms with Crippen LogP contribution in [0.2, 0.25) is 16.7 Å². The van der Waals surface area contributed by atoms with E-state index in [2.05, 4.69) is 0 Å². The first-order valence-corrected chi connectivity index (χ1v) is 15.3. The minimum Gasteiger partial charge on any atom is -0.146 e. The molecule has 0 N–H and O–H groups in total. The van der Waals surface area contributed by atoms with E-state index >= 15 is 0 Å². The standard InChI is InChI=1S/C11H20Cl4Si2/c12-16(13,10-5-1-2-6-10)9-17(14,15)11-7-3-4-8-11/h10-11H,1-9H2. The first-order valence-electron chi connectivity index (χ1n) is 6.67. The van der Waals surface area contributed by atoms with E-state index in [0.717, 1.165) is 5.67 Å². The highest BCUT2D eigenvalue weighted by molar-refractivity contribution is 7.57. The van der Waals surface area contributed by atoms with Gasteiger partial charge in [-0.1, -0.05) is 51.4 Å². The molecule has 0 aromatic heterocycles. The Labute approximate surface area is 125 Å². The van der Waals surface area contributed by atoms with Gasteiger partial charge in [-0.15, -0.1) is 44.3 Å². The smallest absolute Gasteiger partial charge is 0.146 e. The molecule has 2 aliphatic carbocycles. The fourth-order valence-corrected chi connectivity index (χ4v) is 23.3. The van der Waals surface area contributed by atoms with E-state index in [1.807, 2.05) is 0 Å². The SMILES string of the molecule is Cl[Si](Cl)(C[Si](Cl)(Cl)C1CCCC1)C1CCCC1. The number of rotatable bonds is 4. The molecule has 17 heavy (non-hydrogen) atoms. The van der Waals surface area contributed by atoms with Gasteiger partial charge in [0, 0.05) is 0 Å². The van der Waals surface area contributed by atoms with Crippen molar-refractivity contribution >= 4 is 57.7 Å². The van der Waals surface area contributed by atoms with E-state index in [0.29, 0.717) is 11.1 Å². The summed E-state index contributed by atoms with van der Waals surface area (Å²) in [7, 11) is 0. The Balaban J connectivity index is 1.97. The van der Waals surface area contributed by atoms with Crippen LogP contribution in [-0.4, -0.2) is 13.4 Å². The quantitative estimate of drug-likeness (QED) is 0.415. The summed E-state index contributed by atoms with van der Waals surface area (Å²) in [5.41, 5.74) is 1.86. The molecule has 0 amide bonds. The Hall–Kier alpha value is 1.59. The van der Waals surface area contributed by atoms with Gasteiger partial charge in [0.2, 0.25) is 0 Å². The highest BCUT2D eigenvalue weighted by atomic mass is 35.7. The van der Waals surface area contributed by atoms with E-state index in [1.54, 1.807) is 0 Å². The lowest BCUT2D eigenvalue weighted by Crippen LogP contribution is -2.38. The summed E-state index contributed by atoms with van der Waals surface area (Å²) in [6.45, 7) is -4.46. The summed E-state index contributed by atoms with van der Waals surface area (Å²) in [5, 5.41) is 0. The number of hydrogen-bond donors (Lipinski definition) is 0. The fraction of sp³-hybridized carbons (Fsp3) is 1.00. The molecule has 2 fully saturated rings. The Morgan fingerprint density at radius 3 is 1.24 bits per heavy atom. The van der Waals surface area contributed by atoms with Crippen LogP contribution in [0, 0.1) is 0 Å². The van der Waals surface area contributed by atoms with Crippen LogP contribution in [0.1, 0.15) is 51.4 Å². The van der Waals surface area contributed by atoms with Crippen molar-refractivity contribution in [3.8, 4) is 0 Å². The third kappa shape index (κ3) is 3.79. The Morgan fingerprint density at radius 2 is 0.941 bits per heavy atom. The van der Waals surface area contributed by atoms with Crippen LogP contribution < -0.4 is 0 Å². The van der Waals surface area contributed by atoms with Crippen LogP contribution >= 0.6 is 44.3 Å². The van der Waals surface area contributed by atoms with Crippen LogP contribution in [-0.2, 0) is 0 Å². The van der Waals surface area contributed by atoms with Crippen molar-refractivity contribution in [3.63, 3.8) is 0 Å². The molecule has 0 spiro atoms. The van der Waals surface area contributed by atoms with Gasteiger partial charge in [0.1, 0.15) is 0 Å². The topological polar surface area (TPSA) is 0 Å². The lowest BCUT2D eigenvalue weighted by Gasteiger charge is -2.32. The largest absolute Gasteiger partial charge is 0.254 e. The highest BCUT2D eigenvalue weighted by Gasteiger charge is 2.50. The van der Waals surface area contributed by atoms with Crippen molar-refractivity contribution in [1.29, 1.82) is 0 Å². The first-order chi connectivity index (χ1) is 7.92. The molecular formula is C11H20Cl4Si2. The molecule has 0 radical (unpaired) electrons. The minimum absolute atomic E-state index is 0.539. The van der Waals surface area contributed by atoms with Gasteiger partial charge in [0.25, 0.3) is 13.4 Å². The highest BCUT2D eigenvalue weighted by Crippen LogP contribution is 2.53. The molecule has 2 aliphatic rings. The maximum absolute atomic E-state index is 6.68. The van der Waals surface area contributed by atoms with Crippen LogP contribution in [0.5, 0.6) is 0 Å². The van der Waals surface area contributed by atoms with Crippen molar-refractivity contribution in [1.82, 2.24) is 0 Å². The monoisotopic (exact) mass is 348 g/mol. The summed E-state index contributed by atoms with van der Waals surface area (Å²) in [5.74, 6) is 0. The van der Waals surface area contributed by atoms with Gasteiger partial charge < -0.3 is 0 Å². The average molecular weight is 350 g/mol. The zero-order chi connectivity index (χ0) is 12.5. The van der Waals surface area contributed by atoms with Crippen molar-refractivity contribution in [3.05, 3.63) is 0 Å². The molecular weight excluding hydrogens is 330 g/mol. The third-order valence-electron chi connectivity index (χ3n) is 4.38. The zero-order valence-electron chi connectivity index (χ0n) is 10.0. The second-order valence-corrected chi connectivity index (χ2v) is 21.0. The average Bonchev–Trinajstić information content (AvgIpc) is 2.91. The van der Waals surface area contributed by atoms with E-state index in [9.17, 15) is 0 Å². The summed E-state index contributed by atoms with van der Waals surface area (Å²) in [6, 6.07) is 0. The van der Waals surface area contributed by atoms with Gasteiger partial charge in [-0.05, 0) is 16.7 Å². The molecule has 0 aromatic rings. The predicted octanol–water partition coefficient (Wildman–Crippen LogP) is 6.25. The summed E-state index contributed by atoms with van der Waals surface area (Å²) in [6.07, 6.45) is 9.90. The normalized spacial score (nSPS) is 24.7. The fourth-order valence-electron chi connectivity index (χ4n) is 3.30. The van der Waals surface area contributed by atoms with Gasteiger partial charge in [-0.25, -0.2) is 0 Å². The van der Waals surface area contributed by atoms with Crippen LogP contribution in [0.15, 0.2) is 0 Å². The number of hydrogen-bond acceptors (Lipinski definition) is 0. The van der Waals surface area contributed by atoms with E-state index < -0.39 is 13.4 Å². The maximum Gasteiger partial charge on any atom is 0.254 e. The Kier molecular flexibility index (Phi) is 5.23. The molecule has 0 bridgehead atoms. The molecule has 0 aliphatic heterocycles. The van der Waals surface area contributed by atoms with Crippen LogP contribution in [0.25, 0.3) is 0 Å². The van der Waals surface area contributed by atoms with Gasteiger partial charge in [0.05, 0.1) is 0 Å². The molecule has 0 aromatic carbocycles. The molecule has 6 heteroatoms. The van der Waals surface area contributed by atoms with Crippen molar-refractivity contribution in [2.24, 2.45) is 0 Å². The number of halogens is 4. The second kappa shape index (κ2) is 5.93. The predicted molar refractivity (Wildman–Crippen MR) is 84.2 cm³/mol. The maximum atomic E-state index is 6.68. The Morgan fingerprint density at radius 1 is 0.647 bits per heavy atom. The van der Waals surface area contributed by atoms with Gasteiger partial charge in [-0.3, -0.25) is 0 Å². The van der Waals surface area contributed by atoms with Gasteiger partial charge >= 0.3 is 0 Å². The molecule has 0 unspecified atom stereocenters. The minimum atomic E-state index is -2.23.